The first-order chi connectivity index (χ1) is 35.9. The zero-order valence-corrected chi connectivity index (χ0v) is 50.6. The summed E-state index contributed by atoms with van der Waals surface area (Å²) < 4.78 is 0. The van der Waals surface area contributed by atoms with E-state index in [0.717, 1.165) is 14.6 Å². The molecule has 76 heavy (non-hydrogen) atoms. The number of hydrogen-bond acceptors (Lipinski definition) is 12. The van der Waals surface area contributed by atoms with Crippen LogP contribution in [0.2, 0.25) is 0 Å². The van der Waals surface area contributed by atoms with Crippen molar-refractivity contribution in [2.45, 2.75) is 0 Å². The first kappa shape index (κ1) is 47.8. The molecule has 2 N–H and O–H groups in total. The molecule has 2 aromatic heterocycles. The van der Waals surface area contributed by atoms with Gasteiger partial charge in [0.2, 0.25) is 0 Å². The van der Waals surface area contributed by atoms with E-state index in [2.05, 4.69) is 33.4 Å². The van der Waals surface area contributed by atoms with Gasteiger partial charge in [-0.2, -0.15) is 10.5 Å². The van der Waals surface area contributed by atoms with Gasteiger partial charge in [0.25, 0.3) is 23.6 Å². The van der Waals surface area contributed by atoms with E-state index in [0.29, 0.717) is 113 Å². The van der Waals surface area contributed by atoms with Crippen molar-refractivity contribution >= 4 is 156 Å². The number of benzene rings is 10. The maximum Gasteiger partial charge on any atom is 1.00 e. The molecule has 0 aliphatic carbocycles. The van der Waals surface area contributed by atoms with E-state index in [1.54, 1.807) is 60.7 Å². The minimum atomic E-state index is -0.761. The molecule has 4 aliphatic rings. The molecule has 0 radical (unpaired) electrons. The Bertz CT molecular complexity index is 5100. The normalized spacial score (nSPS) is 14.4. The molecule has 10 aromatic carbocycles. The summed E-state index contributed by atoms with van der Waals surface area (Å²) in [4.78, 5) is 111. The fraction of sp³-hybridized carbons (Fsp3) is 0. The second-order valence-corrected chi connectivity index (χ2v) is 20.8. The predicted octanol–water partition coefficient (Wildman–Crippen LogP) is 5.77. The van der Waals surface area contributed by atoms with Crippen LogP contribution in [0.5, 0.6) is 0 Å². The molecule has 18 heteroatoms. The van der Waals surface area contributed by atoms with E-state index in [9.17, 15) is 48.9 Å². The predicted molar refractivity (Wildman–Crippen MR) is 278 cm³/mol. The molecule has 4 aliphatic heterocycles. The van der Waals surface area contributed by atoms with Gasteiger partial charge in [0.05, 0.1) is 46.9 Å². The molecule has 12 aromatic rings. The third-order valence-electron chi connectivity index (χ3n) is 15.2. The molecule has 8 amide bonds. The quantitative estimate of drug-likeness (QED) is 0.123. The van der Waals surface area contributed by atoms with Gasteiger partial charge in [-0.1, -0.05) is 30.3 Å². The van der Waals surface area contributed by atoms with Gasteiger partial charge in [-0.25, -0.2) is 0 Å². The van der Waals surface area contributed by atoms with E-state index in [1.807, 2.05) is 24.3 Å². The topological polar surface area (TPSA) is 236 Å². The Balaban J connectivity index is 0.00000264. The molecule has 0 saturated heterocycles. The van der Waals surface area contributed by atoms with Crippen LogP contribution in [0.25, 0.3) is 127 Å². The van der Waals surface area contributed by atoms with Crippen LogP contribution in [0.3, 0.4) is 0 Å². The van der Waals surface area contributed by atoms with Crippen molar-refractivity contribution in [3.05, 3.63) is 163 Å². The van der Waals surface area contributed by atoms with Gasteiger partial charge >= 0.3 is 116 Å². The maximum atomic E-state index is 13.9. The Labute approximate surface area is 530 Å². The van der Waals surface area contributed by atoms with Crippen molar-refractivity contribution in [3.8, 4) is 42.8 Å². The molecule has 0 unspecified atom stereocenters. The largest absolute Gasteiger partial charge is 1.00 e. The Hall–Kier alpha value is -6.65. The smallest absolute Gasteiger partial charge is 0.587 e. The molecule has 0 saturated carbocycles. The Morgan fingerprint density at radius 2 is 0.658 bits per heavy atom. The van der Waals surface area contributed by atoms with Crippen LogP contribution < -0.4 is 127 Å². The van der Waals surface area contributed by atoms with Crippen LogP contribution >= 0.6 is 22.7 Å². The number of fused-ring (bicyclic) bond motifs is 4. The molecule has 14 nitrogen and oxygen atoms in total. The molecule has 16 rings (SSSR count). The standard InChI is InChI=1S/C58H20N6O8S2.2Rb/c59-17-19-13-31-45-27(53(67)62-55(31)69)8-4-24-42-29(15-33-46-28(54(68)63-57(33)71)6-2-22(49(42)46)39(19)48(24)45)35-9-11-37(73-35)38-12-10-36(74-38)30-16-34-47-32(56(70)64-58(34)72)14-20(18-60)40-21-1-5-25-44-26(52(66)61-51(25)65)7-3-23(41(21)44)43(30)50(40)47;;/h1-16H,(H4,61,62,63,64,65,66,67,68,69,70,71,72);;/q;2*+1/p-2. The number of carbonyl (C=O) groups is 8. The number of nitrogens with one attached hydrogen (secondary N) is 2. The molecular weight excluding hydrogens is 1140 g/mol. The molecular formula is C58H18N6O8Rb2S2. The van der Waals surface area contributed by atoms with Crippen LogP contribution in [-0.4, -0.2) is 47.3 Å². The summed E-state index contributed by atoms with van der Waals surface area (Å²) in [6.45, 7) is 0. The zero-order chi connectivity index (χ0) is 50.1. The van der Waals surface area contributed by atoms with E-state index in [-0.39, 0.29) is 161 Å². The number of rotatable bonds is 3. The van der Waals surface area contributed by atoms with E-state index < -0.39 is 47.3 Å². The summed E-state index contributed by atoms with van der Waals surface area (Å²) in [6, 6.07) is 32.2. The van der Waals surface area contributed by atoms with Crippen molar-refractivity contribution in [1.29, 1.82) is 10.5 Å². The summed E-state index contributed by atoms with van der Waals surface area (Å²) in [7, 11) is 0. The number of carbonyl (C=O) groups excluding carboxylic acids is 8. The van der Waals surface area contributed by atoms with Crippen molar-refractivity contribution in [2.75, 3.05) is 0 Å². The SMILES string of the molecule is N#Cc1cc2c3c(ccc4c5c(-c6ccc(-c7ccc(-c8cc9c%10c(cc(C#N)c%11c%12ccc%13c%14c(ccc(c8c%10%11)c%14%12)C(=O)NC%13=O)C(=O)[N-]C9=O)s7)s6)cc6c7c(ccc(c1c34)c75)C(=O)NC6=O)C(=O)[N-]C2=O.[Rb+].[Rb+]. The summed E-state index contributed by atoms with van der Waals surface area (Å²) in [5, 5.41) is 42.1. The molecule has 0 spiro atoms. The summed E-state index contributed by atoms with van der Waals surface area (Å²) in [5.74, 6) is -5.21. The second-order valence-electron chi connectivity index (χ2n) is 18.6. The minimum Gasteiger partial charge on any atom is -0.587 e. The van der Waals surface area contributed by atoms with Crippen LogP contribution in [0, 0.1) is 22.7 Å². The first-order valence-electron chi connectivity index (χ1n) is 22.8. The Morgan fingerprint density at radius 1 is 0.316 bits per heavy atom. The van der Waals surface area contributed by atoms with Crippen molar-refractivity contribution in [2.24, 2.45) is 0 Å². The molecule has 342 valence electrons. The third kappa shape index (κ3) is 5.94. The van der Waals surface area contributed by atoms with Gasteiger partial charge < -0.3 is 29.8 Å². The first-order valence-corrected chi connectivity index (χ1v) is 24.4. The van der Waals surface area contributed by atoms with E-state index in [4.69, 9.17) is 0 Å². The number of nitrogens with zero attached hydrogens (tertiary/aromatic N) is 4. The van der Waals surface area contributed by atoms with Gasteiger partial charge in [-0.05, 0) is 110 Å². The number of thiophene rings is 2. The zero-order valence-electron chi connectivity index (χ0n) is 39.1. The van der Waals surface area contributed by atoms with Gasteiger partial charge in [0.1, 0.15) is 0 Å². The van der Waals surface area contributed by atoms with Crippen molar-refractivity contribution in [3.63, 3.8) is 0 Å². The molecule has 6 heterocycles. The summed E-state index contributed by atoms with van der Waals surface area (Å²) in [6.07, 6.45) is 0. The Kier molecular flexibility index (Phi) is 10.3. The molecule has 0 atom stereocenters. The monoisotopic (exact) mass is 1160 g/mol. The van der Waals surface area contributed by atoms with Gasteiger partial charge in [0.15, 0.2) is 0 Å². The fourth-order valence-corrected chi connectivity index (χ4v) is 14.5. The number of hydrogen-bond donors (Lipinski definition) is 2. The molecule has 0 bridgehead atoms. The fourth-order valence-electron chi connectivity index (χ4n) is 12.3. The summed E-state index contributed by atoms with van der Waals surface area (Å²) in [5.41, 5.74) is 3.31. The van der Waals surface area contributed by atoms with Gasteiger partial charge in [0, 0.05) is 118 Å². The van der Waals surface area contributed by atoms with E-state index in [1.165, 1.54) is 34.8 Å². The average molecular weight is 1160 g/mol. The average Bonchev–Trinajstić information content (AvgIpc) is 4.11. The minimum absolute atomic E-state index is 0. The summed E-state index contributed by atoms with van der Waals surface area (Å²) >= 11 is 2.86. The van der Waals surface area contributed by atoms with Crippen molar-refractivity contribution in [1.82, 2.24) is 10.6 Å². The Morgan fingerprint density at radius 3 is 1.18 bits per heavy atom. The van der Waals surface area contributed by atoms with Crippen LogP contribution in [-0.2, 0) is 0 Å². The molecule has 0 fully saturated rings. The number of imide groups is 4. The van der Waals surface area contributed by atoms with Gasteiger partial charge in [-0.15, -0.1) is 22.7 Å². The number of amides is 8. The van der Waals surface area contributed by atoms with Crippen LogP contribution in [0.4, 0.5) is 0 Å². The third-order valence-corrected chi connectivity index (χ3v) is 17.6. The maximum absolute atomic E-state index is 13.9. The van der Waals surface area contributed by atoms with Crippen molar-refractivity contribution < 1.29 is 155 Å². The van der Waals surface area contributed by atoms with E-state index >= 15 is 0 Å². The number of nitriles is 2. The second kappa shape index (κ2) is 16.4. The van der Waals surface area contributed by atoms with Crippen LogP contribution in [0.1, 0.15) is 94.0 Å². The van der Waals surface area contributed by atoms with Gasteiger partial charge in [-0.3, -0.25) is 29.8 Å². The van der Waals surface area contributed by atoms with Crippen LogP contribution in [0.15, 0.2) is 97.1 Å².